The summed E-state index contributed by atoms with van der Waals surface area (Å²) in [5, 5.41) is 0.563. The van der Waals surface area contributed by atoms with Gasteiger partial charge in [-0.15, -0.1) is 0 Å². The van der Waals surface area contributed by atoms with Crippen molar-refractivity contribution in [3.05, 3.63) is 35.5 Å². The van der Waals surface area contributed by atoms with Crippen molar-refractivity contribution >= 4 is 23.4 Å². The first-order valence-corrected chi connectivity index (χ1v) is 8.50. The summed E-state index contributed by atoms with van der Waals surface area (Å²) in [5.41, 5.74) is 5.73. The average molecular weight is 348 g/mol. The largest absolute Gasteiger partial charge is 0.384 e. The normalized spacial score (nSPS) is 18.6. The first kappa shape index (κ1) is 16.9. The molecule has 0 radical (unpaired) electrons. The zero-order valence-corrected chi connectivity index (χ0v) is 14.5. The Balaban J connectivity index is 1.59. The molecule has 0 aromatic carbocycles. The average Bonchev–Trinajstić information content (AvgIpc) is 2.82. The molecule has 3 rings (SSSR count). The molecule has 24 heavy (non-hydrogen) atoms. The van der Waals surface area contributed by atoms with E-state index in [0.29, 0.717) is 23.4 Å². The van der Waals surface area contributed by atoms with Gasteiger partial charge >= 0.3 is 0 Å². The number of nitrogen functional groups attached to an aromatic ring is 1. The van der Waals surface area contributed by atoms with Gasteiger partial charge in [0, 0.05) is 25.3 Å². The van der Waals surface area contributed by atoms with Gasteiger partial charge in [-0.05, 0) is 32.4 Å². The van der Waals surface area contributed by atoms with E-state index in [1.807, 2.05) is 0 Å². The fraction of sp³-hybridized carbons (Fsp3) is 0.500. The lowest BCUT2D eigenvalue weighted by atomic mass is 10.1. The van der Waals surface area contributed by atoms with E-state index < -0.39 is 0 Å². The van der Waals surface area contributed by atoms with Crippen LogP contribution >= 0.6 is 11.6 Å². The van der Waals surface area contributed by atoms with Crippen molar-refractivity contribution in [2.45, 2.75) is 31.8 Å². The molecule has 1 aliphatic rings. The second kappa shape index (κ2) is 7.72. The summed E-state index contributed by atoms with van der Waals surface area (Å²) in [7, 11) is 2.12. The zero-order valence-electron chi connectivity index (χ0n) is 13.8. The molecule has 1 atom stereocenters. The zero-order chi connectivity index (χ0) is 16.9. The van der Waals surface area contributed by atoms with Crippen molar-refractivity contribution in [1.29, 1.82) is 0 Å². The summed E-state index contributed by atoms with van der Waals surface area (Å²) in [5.74, 6) is 2.03. The molecular weight excluding hydrogens is 326 g/mol. The SMILES string of the molecule is CN(Cc1nccc(N)n1)[C@@H]1CCCN(c2ncc(Cl)cn2)CC1. The maximum Gasteiger partial charge on any atom is 0.225 e. The van der Waals surface area contributed by atoms with Crippen LogP contribution in [0.4, 0.5) is 11.8 Å². The molecule has 7 nitrogen and oxygen atoms in total. The van der Waals surface area contributed by atoms with Crippen LogP contribution < -0.4 is 10.6 Å². The van der Waals surface area contributed by atoms with E-state index >= 15 is 0 Å². The number of hydrogen-bond donors (Lipinski definition) is 1. The van der Waals surface area contributed by atoms with E-state index in [0.717, 1.165) is 44.1 Å². The summed E-state index contributed by atoms with van der Waals surface area (Å²) >= 11 is 5.86. The molecule has 1 fully saturated rings. The molecule has 3 heterocycles. The fourth-order valence-electron chi connectivity index (χ4n) is 3.03. The standard InChI is InChI=1S/C16H22ClN7/c1-23(11-15-19-6-4-14(18)22-15)13-3-2-7-24(8-5-13)16-20-9-12(17)10-21-16/h4,6,9-10,13H,2-3,5,7-8,11H2,1H3,(H2,18,19,22)/t13-/m1/s1. The first-order valence-electron chi connectivity index (χ1n) is 8.12. The fourth-order valence-corrected chi connectivity index (χ4v) is 3.13. The molecule has 2 aromatic heterocycles. The molecule has 0 aliphatic carbocycles. The highest BCUT2D eigenvalue weighted by Gasteiger charge is 2.22. The number of aromatic nitrogens is 4. The molecule has 8 heteroatoms. The lowest BCUT2D eigenvalue weighted by Crippen LogP contribution is -2.33. The van der Waals surface area contributed by atoms with Crippen molar-refractivity contribution in [2.24, 2.45) is 0 Å². The van der Waals surface area contributed by atoms with Crippen molar-refractivity contribution in [2.75, 3.05) is 30.8 Å². The number of anilines is 2. The minimum atomic E-state index is 0.479. The van der Waals surface area contributed by atoms with Gasteiger partial charge in [0.15, 0.2) is 0 Å². The van der Waals surface area contributed by atoms with Gasteiger partial charge in [0.25, 0.3) is 0 Å². The number of nitrogens with zero attached hydrogens (tertiary/aromatic N) is 6. The predicted molar refractivity (Wildman–Crippen MR) is 94.8 cm³/mol. The number of hydrogen-bond acceptors (Lipinski definition) is 7. The smallest absolute Gasteiger partial charge is 0.225 e. The van der Waals surface area contributed by atoms with Gasteiger partial charge in [0.1, 0.15) is 11.6 Å². The first-order chi connectivity index (χ1) is 11.6. The van der Waals surface area contributed by atoms with Crippen LogP contribution in [0, 0.1) is 0 Å². The molecule has 128 valence electrons. The van der Waals surface area contributed by atoms with Crippen molar-refractivity contribution in [1.82, 2.24) is 24.8 Å². The highest BCUT2D eigenvalue weighted by Crippen LogP contribution is 2.20. The van der Waals surface area contributed by atoms with Crippen LogP contribution in [0.3, 0.4) is 0 Å². The summed E-state index contributed by atoms with van der Waals surface area (Å²) < 4.78 is 0. The highest BCUT2D eigenvalue weighted by molar-refractivity contribution is 6.30. The van der Waals surface area contributed by atoms with Crippen molar-refractivity contribution in [3.63, 3.8) is 0 Å². The van der Waals surface area contributed by atoms with Gasteiger partial charge in [-0.2, -0.15) is 0 Å². The summed E-state index contributed by atoms with van der Waals surface area (Å²) in [4.78, 5) is 21.8. The Bertz CT molecular complexity index is 664. The number of halogens is 1. The van der Waals surface area contributed by atoms with Crippen LogP contribution in [0.25, 0.3) is 0 Å². The predicted octanol–water partition coefficient (Wildman–Crippen LogP) is 1.99. The van der Waals surface area contributed by atoms with Crippen LogP contribution in [0.15, 0.2) is 24.7 Å². The summed E-state index contributed by atoms with van der Waals surface area (Å²) in [6.07, 6.45) is 8.27. The molecule has 0 saturated carbocycles. The van der Waals surface area contributed by atoms with Crippen LogP contribution in [0.2, 0.25) is 5.02 Å². The molecule has 0 amide bonds. The third-order valence-electron chi connectivity index (χ3n) is 4.33. The quantitative estimate of drug-likeness (QED) is 0.905. The number of nitrogens with two attached hydrogens (primary N) is 1. The highest BCUT2D eigenvalue weighted by atomic mass is 35.5. The maximum absolute atomic E-state index is 5.86. The Labute approximate surface area is 146 Å². The Morgan fingerprint density at radius 1 is 1.25 bits per heavy atom. The monoisotopic (exact) mass is 347 g/mol. The minimum absolute atomic E-state index is 0.479. The molecule has 2 N–H and O–H groups in total. The molecule has 0 bridgehead atoms. The third kappa shape index (κ3) is 4.30. The van der Waals surface area contributed by atoms with E-state index in [1.165, 1.54) is 0 Å². The maximum atomic E-state index is 5.86. The van der Waals surface area contributed by atoms with Gasteiger partial charge in [-0.3, -0.25) is 4.90 Å². The van der Waals surface area contributed by atoms with E-state index in [-0.39, 0.29) is 0 Å². The Kier molecular flexibility index (Phi) is 5.42. The van der Waals surface area contributed by atoms with E-state index in [1.54, 1.807) is 24.7 Å². The second-order valence-corrected chi connectivity index (χ2v) is 6.52. The lowest BCUT2D eigenvalue weighted by molar-refractivity contribution is 0.212. The van der Waals surface area contributed by atoms with Crippen molar-refractivity contribution in [3.8, 4) is 0 Å². The molecule has 0 spiro atoms. The summed E-state index contributed by atoms with van der Waals surface area (Å²) in [6, 6.07) is 2.19. The van der Waals surface area contributed by atoms with Gasteiger partial charge in [0.05, 0.1) is 24.0 Å². The molecule has 2 aromatic rings. The van der Waals surface area contributed by atoms with Crippen LogP contribution in [-0.4, -0.2) is 51.0 Å². The lowest BCUT2D eigenvalue weighted by Gasteiger charge is -2.26. The van der Waals surface area contributed by atoms with Gasteiger partial charge in [-0.25, -0.2) is 19.9 Å². The Hall–Kier alpha value is -1.99. The topological polar surface area (TPSA) is 84.1 Å². The van der Waals surface area contributed by atoms with E-state index in [4.69, 9.17) is 17.3 Å². The third-order valence-corrected chi connectivity index (χ3v) is 4.52. The summed E-state index contributed by atoms with van der Waals surface area (Å²) in [6.45, 7) is 2.59. The van der Waals surface area contributed by atoms with Gasteiger partial charge in [0.2, 0.25) is 5.95 Å². The second-order valence-electron chi connectivity index (χ2n) is 6.09. The van der Waals surface area contributed by atoms with Crippen LogP contribution in [0.5, 0.6) is 0 Å². The van der Waals surface area contributed by atoms with Crippen LogP contribution in [0.1, 0.15) is 25.1 Å². The molecule has 0 unspecified atom stereocenters. The Morgan fingerprint density at radius 3 is 2.79 bits per heavy atom. The van der Waals surface area contributed by atoms with Crippen molar-refractivity contribution < 1.29 is 0 Å². The minimum Gasteiger partial charge on any atom is -0.384 e. The van der Waals surface area contributed by atoms with Crippen LogP contribution in [-0.2, 0) is 6.54 Å². The Morgan fingerprint density at radius 2 is 2.04 bits per heavy atom. The molecule has 1 aliphatic heterocycles. The number of rotatable bonds is 4. The molecule has 1 saturated heterocycles. The van der Waals surface area contributed by atoms with E-state index in [9.17, 15) is 0 Å². The van der Waals surface area contributed by atoms with E-state index in [2.05, 4.69) is 36.8 Å². The molecular formula is C16H22ClN7. The van der Waals surface area contributed by atoms with Gasteiger partial charge in [-0.1, -0.05) is 11.6 Å². The van der Waals surface area contributed by atoms with Gasteiger partial charge < -0.3 is 10.6 Å².